The average Bonchev–Trinajstić information content (AvgIpc) is 2.55. The van der Waals surface area contributed by atoms with Crippen LogP contribution in [0.25, 0.3) is 0 Å². The SMILES string of the molecule is N#CCc1cccc(Cc2cc(C#N)c(C#N)cc2C#N)c1. The lowest BCUT2D eigenvalue weighted by atomic mass is 9.94. The predicted octanol–water partition coefficient (Wildman–Crippen LogP) is 2.96. The molecule has 2 aromatic carbocycles. The van der Waals surface area contributed by atoms with Crippen LogP contribution < -0.4 is 0 Å². The molecule has 0 saturated carbocycles. The van der Waals surface area contributed by atoms with Gasteiger partial charge in [-0.05, 0) is 35.2 Å². The van der Waals surface area contributed by atoms with Crippen molar-refractivity contribution in [2.45, 2.75) is 12.8 Å². The van der Waals surface area contributed by atoms with Crippen molar-refractivity contribution in [1.29, 1.82) is 21.0 Å². The lowest BCUT2D eigenvalue weighted by Crippen LogP contribution is -1.97. The molecule has 0 bridgehead atoms. The Morgan fingerprint density at radius 3 is 2.00 bits per heavy atom. The van der Waals surface area contributed by atoms with E-state index in [1.807, 2.05) is 36.4 Å². The van der Waals surface area contributed by atoms with Crippen molar-refractivity contribution in [2.24, 2.45) is 0 Å². The Hall–Kier alpha value is -3.60. The van der Waals surface area contributed by atoms with Gasteiger partial charge in [-0.1, -0.05) is 24.3 Å². The first-order valence-corrected chi connectivity index (χ1v) is 6.53. The average molecular weight is 282 g/mol. The van der Waals surface area contributed by atoms with Crippen LogP contribution in [0, 0.1) is 45.3 Å². The third-order valence-corrected chi connectivity index (χ3v) is 3.27. The van der Waals surface area contributed by atoms with E-state index >= 15 is 0 Å². The first-order chi connectivity index (χ1) is 10.7. The molecule has 0 saturated heterocycles. The highest BCUT2D eigenvalue weighted by atomic mass is 14.3. The van der Waals surface area contributed by atoms with Gasteiger partial charge in [-0.3, -0.25) is 0 Å². The number of benzene rings is 2. The normalized spacial score (nSPS) is 9.09. The molecule has 0 aliphatic rings. The molecule has 0 radical (unpaired) electrons. The van der Waals surface area contributed by atoms with Gasteiger partial charge >= 0.3 is 0 Å². The quantitative estimate of drug-likeness (QED) is 0.864. The van der Waals surface area contributed by atoms with Crippen LogP contribution in [0.4, 0.5) is 0 Å². The van der Waals surface area contributed by atoms with E-state index in [9.17, 15) is 5.26 Å². The van der Waals surface area contributed by atoms with Crippen LogP contribution in [0.15, 0.2) is 36.4 Å². The molecule has 0 aliphatic carbocycles. The van der Waals surface area contributed by atoms with Crippen molar-refractivity contribution >= 4 is 0 Å². The number of rotatable bonds is 3. The minimum absolute atomic E-state index is 0.209. The molecule has 0 heterocycles. The van der Waals surface area contributed by atoms with E-state index in [1.54, 1.807) is 6.07 Å². The molecule has 4 nitrogen and oxygen atoms in total. The van der Waals surface area contributed by atoms with E-state index in [2.05, 4.69) is 12.1 Å². The number of nitriles is 4. The van der Waals surface area contributed by atoms with E-state index in [-0.39, 0.29) is 11.1 Å². The van der Waals surface area contributed by atoms with Crippen molar-refractivity contribution < 1.29 is 0 Å². The van der Waals surface area contributed by atoms with Crippen LogP contribution in [0.2, 0.25) is 0 Å². The van der Waals surface area contributed by atoms with Gasteiger partial charge in [0.25, 0.3) is 0 Å². The Labute approximate surface area is 128 Å². The molecule has 0 aromatic heterocycles. The number of hydrogen-bond acceptors (Lipinski definition) is 4. The summed E-state index contributed by atoms with van der Waals surface area (Å²) in [5, 5.41) is 36.1. The molecule has 2 aromatic rings. The van der Waals surface area contributed by atoms with Gasteiger partial charge in [0.1, 0.15) is 12.1 Å². The van der Waals surface area contributed by atoms with Crippen LogP contribution in [0.1, 0.15) is 33.4 Å². The fourth-order valence-corrected chi connectivity index (χ4v) is 2.24. The topological polar surface area (TPSA) is 95.2 Å². The highest BCUT2D eigenvalue weighted by Crippen LogP contribution is 2.20. The second kappa shape index (κ2) is 6.71. The molecule has 102 valence electrons. The molecule has 0 N–H and O–H groups in total. The second-order valence-electron chi connectivity index (χ2n) is 4.72. The van der Waals surface area contributed by atoms with Gasteiger partial charge in [0.2, 0.25) is 0 Å². The molecule has 0 fully saturated rings. The Morgan fingerprint density at radius 2 is 1.36 bits per heavy atom. The fraction of sp³-hybridized carbons (Fsp3) is 0.111. The van der Waals surface area contributed by atoms with Crippen molar-refractivity contribution in [3.05, 3.63) is 69.8 Å². The van der Waals surface area contributed by atoms with Crippen LogP contribution in [-0.4, -0.2) is 0 Å². The van der Waals surface area contributed by atoms with Crippen LogP contribution in [-0.2, 0) is 12.8 Å². The van der Waals surface area contributed by atoms with Crippen molar-refractivity contribution in [3.63, 3.8) is 0 Å². The van der Waals surface area contributed by atoms with Gasteiger partial charge in [0.15, 0.2) is 0 Å². The number of nitrogens with zero attached hydrogens (tertiary/aromatic N) is 4. The lowest BCUT2D eigenvalue weighted by molar-refractivity contribution is 1.15. The summed E-state index contributed by atoms with van der Waals surface area (Å²) in [6.07, 6.45) is 0.804. The third-order valence-electron chi connectivity index (χ3n) is 3.27. The maximum Gasteiger partial charge on any atom is 0.101 e. The van der Waals surface area contributed by atoms with Gasteiger partial charge in [0, 0.05) is 0 Å². The standard InChI is InChI=1S/C18H10N4/c19-5-4-13-2-1-3-14(6-13)7-15-8-17(11-21)18(12-22)9-16(15)10-20/h1-3,6,8-9H,4,7H2. The molecule has 0 aliphatic heterocycles. The van der Waals surface area contributed by atoms with Gasteiger partial charge in [-0.2, -0.15) is 21.0 Å². The largest absolute Gasteiger partial charge is 0.198 e. The Morgan fingerprint density at radius 1 is 0.727 bits per heavy atom. The first-order valence-electron chi connectivity index (χ1n) is 6.53. The van der Waals surface area contributed by atoms with E-state index in [0.29, 0.717) is 24.0 Å². The summed E-state index contributed by atoms with van der Waals surface area (Å²) in [5.41, 5.74) is 3.43. The van der Waals surface area contributed by atoms with E-state index in [0.717, 1.165) is 11.1 Å². The summed E-state index contributed by atoms with van der Waals surface area (Å²) in [7, 11) is 0. The molecule has 0 atom stereocenters. The molecule has 0 spiro atoms. The molecule has 0 amide bonds. The third kappa shape index (κ3) is 3.10. The predicted molar refractivity (Wildman–Crippen MR) is 79.2 cm³/mol. The summed E-state index contributed by atoms with van der Waals surface area (Å²) in [6, 6.07) is 18.7. The van der Waals surface area contributed by atoms with Crippen molar-refractivity contribution in [1.82, 2.24) is 0 Å². The molecule has 0 unspecified atom stereocenters. The Kier molecular flexibility index (Phi) is 4.52. The van der Waals surface area contributed by atoms with Gasteiger partial charge in [-0.25, -0.2) is 0 Å². The Bertz CT molecular complexity index is 883. The second-order valence-corrected chi connectivity index (χ2v) is 4.72. The maximum atomic E-state index is 9.23. The molecule has 2 rings (SSSR count). The van der Waals surface area contributed by atoms with Crippen LogP contribution >= 0.6 is 0 Å². The zero-order valence-corrected chi connectivity index (χ0v) is 11.7. The number of hydrogen-bond donors (Lipinski definition) is 0. The van der Waals surface area contributed by atoms with Gasteiger partial charge in [0.05, 0.1) is 35.2 Å². The van der Waals surface area contributed by atoms with Crippen molar-refractivity contribution in [3.8, 4) is 24.3 Å². The molecule has 22 heavy (non-hydrogen) atoms. The van der Waals surface area contributed by atoms with E-state index < -0.39 is 0 Å². The van der Waals surface area contributed by atoms with Crippen LogP contribution in [0.3, 0.4) is 0 Å². The monoisotopic (exact) mass is 282 g/mol. The summed E-state index contributed by atoms with van der Waals surface area (Å²) < 4.78 is 0. The van der Waals surface area contributed by atoms with Gasteiger partial charge < -0.3 is 0 Å². The first kappa shape index (κ1) is 14.8. The Balaban J connectivity index is 2.44. The minimum Gasteiger partial charge on any atom is -0.198 e. The fourth-order valence-electron chi connectivity index (χ4n) is 2.24. The zero-order valence-electron chi connectivity index (χ0n) is 11.7. The zero-order chi connectivity index (χ0) is 15.9. The maximum absolute atomic E-state index is 9.23. The highest BCUT2D eigenvalue weighted by molar-refractivity contribution is 5.54. The minimum atomic E-state index is 0.209. The molecular weight excluding hydrogens is 272 g/mol. The molecular formula is C18H10N4. The van der Waals surface area contributed by atoms with Crippen molar-refractivity contribution in [2.75, 3.05) is 0 Å². The highest BCUT2D eigenvalue weighted by Gasteiger charge is 2.10. The summed E-state index contributed by atoms with van der Waals surface area (Å²) in [5.74, 6) is 0. The molecule has 4 heteroatoms. The lowest BCUT2D eigenvalue weighted by Gasteiger charge is -2.07. The van der Waals surface area contributed by atoms with Crippen LogP contribution in [0.5, 0.6) is 0 Å². The summed E-state index contributed by atoms with van der Waals surface area (Å²) in [4.78, 5) is 0. The smallest absolute Gasteiger partial charge is 0.101 e. The summed E-state index contributed by atoms with van der Waals surface area (Å²) >= 11 is 0. The van der Waals surface area contributed by atoms with E-state index in [1.165, 1.54) is 6.07 Å². The summed E-state index contributed by atoms with van der Waals surface area (Å²) in [6.45, 7) is 0. The van der Waals surface area contributed by atoms with E-state index in [4.69, 9.17) is 15.8 Å². The van der Waals surface area contributed by atoms with Gasteiger partial charge in [-0.15, -0.1) is 0 Å².